The number of thioether (sulfide) groups is 1. The Morgan fingerprint density at radius 2 is 2.08 bits per heavy atom. The first-order valence-electron chi connectivity index (χ1n) is 8.55. The predicted molar refractivity (Wildman–Crippen MR) is 102 cm³/mol. The zero-order chi connectivity index (χ0) is 18.0. The molecule has 6 heteroatoms. The predicted octanol–water partition coefficient (Wildman–Crippen LogP) is 4.40. The number of halogens is 1. The van der Waals surface area contributed by atoms with Gasteiger partial charge in [0.05, 0.1) is 29.2 Å². The second-order valence-electron chi connectivity index (χ2n) is 6.95. The SMILES string of the molecule is CC(C)CCN1CSC2=C(C#N)[C@H](c3ccc(Cl)cc3)CC(=O)N2C1. The van der Waals surface area contributed by atoms with Crippen molar-refractivity contribution in [2.45, 2.75) is 32.6 Å². The van der Waals surface area contributed by atoms with Gasteiger partial charge in [-0.2, -0.15) is 5.26 Å². The summed E-state index contributed by atoms with van der Waals surface area (Å²) in [5.41, 5.74) is 1.68. The lowest BCUT2D eigenvalue weighted by Gasteiger charge is -2.41. The number of benzene rings is 1. The molecule has 3 rings (SSSR count). The fraction of sp³-hybridized carbons (Fsp3) is 0.474. The number of allylic oxidation sites excluding steroid dienone is 1. The molecule has 2 aliphatic heterocycles. The van der Waals surface area contributed by atoms with Crippen LogP contribution in [0, 0.1) is 17.2 Å². The maximum absolute atomic E-state index is 12.7. The lowest BCUT2D eigenvalue weighted by atomic mass is 9.86. The van der Waals surface area contributed by atoms with Gasteiger partial charge in [-0.15, -0.1) is 0 Å². The largest absolute Gasteiger partial charge is 0.292 e. The van der Waals surface area contributed by atoms with Gasteiger partial charge < -0.3 is 0 Å². The standard InChI is InChI=1S/C19H22ClN3OS/c1-13(2)7-8-22-11-23-18(24)9-16(14-3-5-15(20)6-4-14)17(10-21)19(23)25-12-22/h3-6,13,16H,7-9,11-12H2,1-2H3/t16-/m0/s1. The number of nitriles is 1. The molecule has 0 aromatic heterocycles. The molecule has 0 saturated carbocycles. The average Bonchev–Trinajstić information content (AvgIpc) is 2.60. The van der Waals surface area contributed by atoms with Crippen LogP contribution >= 0.6 is 23.4 Å². The molecule has 0 N–H and O–H groups in total. The highest BCUT2D eigenvalue weighted by Crippen LogP contribution is 2.42. The summed E-state index contributed by atoms with van der Waals surface area (Å²) in [5.74, 6) is 1.39. The van der Waals surface area contributed by atoms with Crippen molar-refractivity contribution in [1.29, 1.82) is 5.26 Å². The molecule has 0 spiro atoms. The van der Waals surface area contributed by atoms with Crippen molar-refractivity contribution in [3.05, 3.63) is 45.5 Å². The van der Waals surface area contributed by atoms with Gasteiger partial charge in [0.1, 0.15) is 0 Å². The Kier molecular flexibility index (Phi) is 5.73. The number of amides is 1. The first-order chi connectivity index (χ1) is 12.0. The van der Waals surface area contributed by atoms with Gasteiger partial charge in [-0.3, -0.25) is 14.6 Å². The minimum atomic E-state index is -0.171. The summed E-state index contributed by atoms with van der Waals surface area (Å²) in [5, 5.41) is 11.2. The molecule has 1 atom stereocenters. The van der Waals surface area contributed by atoms with Crippen molar-refractivity contribution in [2.24, 2.45) is 5.92 Å². The molecule has 25 heavy (non-hydrogen) atoms. The summed E-state index contributed by atoms with van der Waals surface area (Å²) < 4.78 is 0. The van der Waals surface area contributed by atoms with Crippen molar-refractivity contribution in [3.8, 4) is 6.07 Å². The summed E-state index contributed by atoms with van der Waals surface area (Å²) >= 11 is 7.57. The van der Waals surface area contributed by atoms with Gasteiger partial charge in [-0.1, -0.05) is 49.3 Å². The molecule has 132 valence electrons. The Morgan fingerprint density at radius 1 is 1.36 bits per heavy atom. The van der Waals surface area contributed by atoms with Crippen molar-refractivity contribution >= 4 is 29.3 Å². The number of rotatable bonds is 4. The fourth-order valence-corrected chi connectivity index (χ4v) is 4.47. The first-order valence-corrected chi connectivity index (χ1v) is 9.91. The number of hydrogen-bond acceptors (Lipinski definition) is 4. The zero-order valence-corrected chi connectivity index (χ0v) is 16.1. The van der Waals surface area contributed by atoms with E-state index in [9.17, 15) is 10.1 Å². The number of carbonyl (C=O) groups excluding carboxylic acids is 1. The van der Waals surface area contributed by atoms with Crippen LogP contribution < -0.4 is 0 Å². The van der Waals surface area contributed by atoms with Crippen molar-refractivity contribution in [2.75, 3.05) is 19.1 Å². The van der Waals surface area contributed by atoms with Crippen LogP contribution in [0.3, 0.4) is 0 Å². The summed E-state index contributed by atoms with van der Waals surface area (Å²) in [6.45, 7) is 5.98. The Bertz CT molecular complexity index is 723. The quantitative estimate of drug-likeness (QED) is 0.782. The van der Waals surface area contributed by atoms with E-state index in [-0.39, 0.29) is 11.8 Å². The third-order valence-corrected chi connectivity index (χ3v) is 6.10. The van der Waals surface area contributed by atoms with Crippen LogP contribution in [0.15, 0.2) is 34.9 Å². The van der Waals surface area contributed by atoms with Crippen molar-refractivity contribution in [3.63, 3.8) is 0 Å². The highest BCUT2D eigenvalue weighted by Gasteiger charge is 2.38. The molecule has 0 aliphatic carbocycles. The van der Waals surface area contributed by atoms with E-state index < -0.39 is 0 Å². The van der Waals surface area contributed by atoms with Crippen LogP contribution in [0.4, 0.5) is 0 Å². The lowest BCUT2D eigenvalue weighted by molar-refractivity contribution is -0.131. The van der Waals surface area contributed by atoms with E-state index >= 15 is 0 Å². The van der Waals surface area contributed by atoms with Gasteiger partial charge in [0.15, 0.2) is 0 Å². The third-order valence-electron chi connectivity index (χ3n) is 4.64. The van der Waals surface area contributed by atoms with E-state index in [1.165, 1.54) is 0 Å². The van der Waals surface area contributed by atoms with Crippen molar-refractivity contribution in [1.82, 2.24) is 9.80 Å². The van der Waals surface area contributed by atoms with Gasteiger partial charge in [0.2, 0.25) is 5.91 Å². The first kappa shape index (κ1) is 18.3. The van der Waals surface area contributed by atoms with Gasteiger partial charge in [-0.05, 0) is 30.0 Å². The molecule has 0 radical (unpaired) electrons. The molecule has 2 heterocycles. The Morgan fingerprint density at radius 3 is 2.72 bits per heavy atom. The van der Waals surface area contributed by atoms with Crippen LogP contribution in [-0.4, -0.2) is 34.8 Å². The number of carbonyl (C=O) groups is 1. The van der Waals surface area contributed by atoms with Gasteiger partial charge in [0, 0.05) is 23.9 Å². The monoisotopic (exact) mass is 375 g/mol. The van der Waals surface area contributed by atoms with Crippen LogP contribution in [0.1, 0.15) is 38.2 Å². The van der Waals surface area contributed by atoms with Crippen LogP contribution in [0.5, 0.6) is 0 Å². The molecular formula is C19H22ClN3OS. The van der Waals surface area contributed by atoms with E-state index in [0.29, 0.717) is 29.6 Å². The number of fused-ring (bicyclic) bond motifs is 1. The van der Waals surface area contributed by atoms with E-state index in [4.69, 9.17) is 11.6 Å². The zero-order valence-electron chi connectivity index (χ0n) is 14.5. The van der Waals surface area contributed by atoms with E-state index in [0.717, 1.165) is 29.4 Å². The Labute approximate surface area is 158 Å². The lowest BCUT2D eigenvalue weighted by Crippen LogP contribution is -2.47. The fourth-order valence-electron chi connectivity index (χ4n) is 3.17. The van der Waals surface area contributed by atoms with E-state index in [1.54, 1.807) is 16.7 Å². The average molecular weight is 376 g/mol. The minimum Gasteiger partial charge on any atom is -0.292 e. The second kappa shape index (κ2) is 7.82. The molecule has 1 aromatic rings. The molecule has 0 unspecified atom stereocenters. The summed E-state index contributed by atoms with van der Waals surface area (Å²) in [4.78, 5) is 16.8. The molecule has 0 bridgehead atoms. The van der Waals surface area contributed by atoms with Gasteiger partial charge in [0.25, 0.3) is 0 Å². The van der Waals surface area contributed by atoms with Gasteiger partial charge >= 0.3 is 0 Å². The molecule has 4 nitrogen and oxygen atoms in total. The molecule has 1 aromatic carbocycles. The third kappa shape index (κ3) is 4.03. The summed E-state index contributed by atoms with van der Waals surface area (Å²) in [7, 11) is 0. The van der Waals surface area contributed by atoms with Crippen LogP contribution in [0.2, 0.25) is 5.02 Å². The smallest absolute Gasteiger partial charge is 0.229 e. The normalized spacial score (nSPS) is 21.5. The molecule has 2 aliphatic rings. The Hall–Kier alpha value is -1.48. The molecule has 1 saturated heterocycles. The molecular weight excluding hydrogens is 354 g/mol. The molecule has 1 fully saturated rings. The van der Waals surface area contributed by atoms with Crippen LogP contribution in [0.25, 0.3) is 0 Å². The number of nitrogens with zero attached hydrogens (tertiary/aromatic N) is 3. The highest BCUT2D eigenvalue weighted by atomic mass is 35.5. The molecule has 1 amide bonds. The van der Waals surface area contributed by atoms with Gasteiger partial charge in [-0.25, -0.2) is 0 Å². The highest BCUT2D eigenvalue weighted by molar-refractivity contribution is 8.03. The second-order valence-corrected chi connectivity index (χ2v) is 8.32. The summed E-state index contributed by atoms with van der Waals surface area (Å²) in [6, 6.07) is 9.82. The van der Waals surface area contributed by atoms with Crippen LogP contribution in [-0.2, 0) is 4.79 Å². The maximum Gasteiger partial charge on any atom is 0.229 e. The van der Waals surface area contributed by atoms with Crippen molar-refractivity contribution < 1.29 is 4.79 Å². The topological polar surface area (TPSA) is 47.3 Å². The summed E-state index contributed by atoms with van der Waals surface area (Å²) in [6.07, 6.45) is 1.45. The number of hydrogen-bond donors (Lipinski definition) is 0. The Balaban J connectivity index is 1.84. The van der Waals surface area contributed by atoms with E-state index in [2.05, 4.69) is 24.8 Å². The van der Waals surface area contributed by atoms with E-state index in [1.807, 2.05) is 24.3 Å². The maximum atomic E-state index is 12.7. The minimum absolute atomic E-state index is 0.0932.